The first kappa shape index (κ1) is 21.4. The zero-order valence-electron chi connectivity index (χ0n) is 17.7. The van der Waals surface area contributed by atoms with Crippen LogP contribution in [0.3, 0.4) is 0 Å². The van der Waals surface area contributed by atoms with Gasteiger partial charge in [0.05, 0.1) is 31.3 Å². The van der Waals surface area contributed by atoms with Crippen molar-refractivity contribution in [2.75, 3.05) is 44.0 Å². The van der Waals surface area contributed by atoms with Crippen LogP contribution in [0.5, 0.6) is 5.75 Å². The number of fused-ring (bicyclic) bond motifs is 1. The largest absolute Gasteiger partial charge is 0.481 e. The summed E-state index contributed by atoms with van der Waals surface area (Å²) in [4.78, 5) is 24.0. The first-order chi connectivity index (χ1) is 15.2. The molecule has 1 aliphatic rings. The fraction of sp³-hybridized carbons (Fsp3) is 0.429. The van der Waals surface area contributed by atoms with E-state index >= 15 is 0 Å². The van der Waals surface area contributed by atoms with Gasteiger partial charge in [0.15, 0.2) is 16.9 Å². The SMILES string of the molecule is CSc1nc(N2CCOCC2)c2cnn(CCNC(=O)C(C)Oc3ccccc3)c2n1. The molecule has 1 N–H and O–H groups in total. The van der Waals surface area contributed by atoms with Crippen LogP contribution in [0.4, 0.5) is 5.82 Å². The number of morpholine rings is 1. The van der Waals surface area contributed by atoms with Gasteiger partial charge in [-0.1, -0.05) is 30.0 Å². The zero-order chi connectivity index (χ0) is 21.6. The molecule has 1 amide bonds. The number of nitrogens with one attached hydrogen (secondary N) is 1. The van der Waals surface area contributed by atoms with Crippen molar-refractivity contribution in [1.82, 2.24) is 25.1 Å². The number of anilines is 1. The molecule has 164 valence electrons. The molecule has 31 heavy (non-hydrogen) atoms. The zero-order valence-corrected chi connectivity index (χ0v) is 18.5. The molecule has 3 heterocycles. The van der Waals surface area contributed by atoms with E-state index in [9.17, 15) is 4.79 Å². The molecule has 1 aromatic carbocycles. The average Bonchev–Trinajstić information content (AvgIpc) is 3.22. The van der Waals surface area contributed by atoms with Gasteiger partial charge in [-0.15, -0.1) is 0 Å². The summed E-state index contributed by atoms with van der Waals surface area (Å²) in [6, 6.07) is 9.31. The summed E-state index contributed by atoms with van der Waals surface area (Å²) in [5.41, 5.74) is 0.767. The number of para-hydroxylation sites is 1. The van der Waals surface area contributed by atoms with Gasteiger partial charge in [0.25, 0.3) is 5.91 Å². The molecule has 0 saturated carbocycles. The molecule has 1 saturated heterocycles. The van der Waals surface area contributed by atoms with E-state index in [2.05, 4.69) is 20.3 Å². The molecular weight excluding hydrogens is 416 g/mol. The maximum absolute atomic E-state index is 12.4. The number of amides is 1. The normalized spacial score (nSPS) is 15.1. The van der Waals surface area contributed by atoms with Gasteiger partial charge in [-0.25, -0.2) is 14.6 Å². The van der Waals surface area contributed by atoms with Crippen LogP contribution < -0.4 is 15.0 Å². The Kier molecular flexibility index (Phi) is 6.88. The van der Waals surface area contributed by atoms with Crippen molar-refractivity contribution in [2.24, 2.45) is 0 Å². The predicted octanol–water partition coefficient (Wildman–Crippen LogP) is 1.97. The summed E-state index contributed by atoms with van der Waals surface area (Å²) in [7, 11) is 0. The fourth-order valence-electron chi connectivity index (χ4n) is 3.38. The molecule has 4 rings (SSSR count). The Labute approximate surface area is 185 Å². The van der Waals surface area contributed by atoms with Crippen molar-refractivity contribution < 1.29 is 14.3 Å². The average molecular weight is 443 g/mol. The van der Waals surface area contributed by atoms with E-state index in [1.807, 2.05) is 41.3 Å². The smallest absolute Gasteiger partial charge is 0.260 e. The Morgan fingerprint density at radius 3 is 2.77 bits per heavy atom. The predicted molar refractivity (Wildman–Crippen MR) is 120 cm³/mol. The Hall–Kier alpha value is -2.85. The molecule has 0 spiro atoms. The monoisotopic (exact) mass is 442 g/mol. The van der Waals surface area contributed by atoms with Crippen molar-refractivity contribution in [2.45, 2.75) is 24.7 Å². The summed E-state index contributed by atoms with van der Waals surface area (Å²) in [6.45, 7) is 5.61. The van der Waals surface area contributed by atoms with Crippen molar-refractivity contribution in [3.8, 4) is 5.75 Å². The number of carbonyl (C=O) groups excluding carboxylic acids is 1. The highest BCUT2D eigenvalue weighted by molar-refractivity contribution is 7.98. The number of nitrogens with zero attached hydrogens (tertiary/aromatic N) is 5. The first-order valence-corrected chi connectivity index (χ1v) is 11.5. The first-order valence-electron chi connectivity index (χ1n) is 10.3. The topological polar surface area (TPSA) is 94.4 Å². The standard InChI is InChI=1S/C21H26N6O3S/c1-15(30-16-6-4-3-5-7-16)20(28)22-8-9-27-19-17(14-23-27)18(24-21(25-19)31-2)26-10-12-29-13-11-26/h3-7,14-15H,8-13H2,1-2H3,(H,22,28). The number of thioether (sulfide) groups is 1. The van der Waals surface area contributed by atoms with Crippen LogP contribution >= 0.6 is 11.8 Å². The molecule has 0 radical (unpaired) electrons. The third kappa shape index (κ3) is 5.08. The minimum atomic E-state index is -0.588. The van der Waals surface area contributed by atoms with Crippen LogP contribution in [0, 0.1) is 0 Å². The van der Waals surface area contributed by atoms with Crippen molar-refractivity contribution >= 4 is 34.5 Å². The number of hydrogen-bond acceptors (Lipinski definition) is 8. The van der Waals surface area contributed by atoms with E-state index in [0.717, 1.165) is 29.9 Å². The minimum Gasteiger partial charge on any atom is -0.481 e. The van der Waals surface area contributed by atoms with Crippen molar-refractivity contribution in [1.29, 1.82) is 0 Å². The lowest BCUT2D eigenvalue weighted by Crippen LogP contribution is -2.38. The third-order valence-electron chi connectivity index (χ3n) is 5.00. The molecular formula is C21H26N6O3S. The van der Waals surface area contributed by atoms with Gasteiger partial charge < -0.3 is 19.7 Å². The van der Waals surface area contributed by atoms with Crippen LogP contribution in [0.2, 0.25) is 0 Å². The second-order valence-corrected chi connectivity index (χ2v) is 7.88. The maximum Gasteiger partial charge on any atom is 0.260 e. The van der Waals surface area contributed by atoms with Crippen molar-refractivity contribution in [3.63, 3.8) is 0 Å². The summed E-state index contributed by atoms with van der Waals surface area (Å²) in [5.74, 6) is 1.38. The Bertz CT molecular complexity index is 1020. The summed E-state index contributed by atoms with van der Waals surface area (Å²) in [6.07, 6.45) is 3.17. The Morgan fingerprint density at radius 1 is 1.26 bits per heavy atom. The lowest BCUT2D eigenvalue weighted by atomic mass is 10.3. The molecule has 1 fully saturated rings. The number of benzene rings is 1. The fourth-order valence-corrected chi connectivity index (χ4v) is 3.73. The second-order valence-electron chi connectivity index (χ2n) is 7.10. The van der Waals surface area contributed by atoms with Gasteiger partial charge >= 0.3 is 0 Å². The van der Waals surface area contributed by atoms with E-state index in [1.54, 1.807) is 13.1 Å². The number of rotatable bonds is 8. The van der Waals surface area contributed by atoms with Gasteiger partial charge in [-0.2, -0.15) is 5.10 Å². The molecule has 2 aromatic heterocycles. The third-order valence-corrected chi connectivity index (χ3v) is 5.54. The minimum absolute atomic E-state index is 0.172. The highest BCUT2D eigenvalue weighted by atomic mass is 32.2. The lowest BCUT2D eigenvalue weighted by Gasteiger charge is -2.28. The molecule has 1 atom stereocenters. The number of hydrogen-bond donors (Lipinski definition) is 1. The molecule has 0 bridgehead atoms. The van der Waals surface area contributed by atoms with Crippen molar-refractivity contribution in [3.05, 3.63) is 36.5 Å². The van der Waals surface area contributed by atoms with E-state index in [0.29, 0.717) is 37.2 Å². The van der Waals surface area contributed by atoms with Crippen LogP contribution in [-0.4, -0.2) is 70.9 Å². The molecule has 10 heteroatoms. The number of carbonyl (C=O) groups is 1. The van der Waals surface area contributed by atoms with E-state index < -0.39 is 6.10 Å². The Morgan fingerprint density at radius 2 is 2.03 bits per heavy atom. The Balaban J connectivity index is 1.42. The molecule has 0 aliphatic carbocycles. The van der Waals surface area contributed by atoms with Crippen LogP contribution in [-0.2, 0) is 16.1 Å². The molecule has 1 unspecified atom stereocenters. The van der Waals surface area contributed by atoms with Gasteiger partial charge in [-0.05, 0) is 25.3 Å². The molecule has 3 aromatic rings. The van der Waals surface area contributed by atoms with Gasteiger partial charge in [0.1, 0.15) is 11.6 Å². The van der Waals surface area contributed by atoms with E-state index in [1.165, 1.54) is 11.8 Å². The highest BCUT2D eigenvalue weighted by Gasteiger charge is 2.20. The highest BCUT2D eigenvalue weighted by Crippen LogP contribution is 2.27. The van der Waals surface area contributed by atoms with E-state index in [4.69, 9.17) is 14.5 Å². The molecule has 9 nitrogen and oxygen atoms in total. The van der Waals surface area contributed by atoms with Crippen LogP contribution in [0.25, 0.3) is 11.0 Å². The quantitative estimate of drug-likeness (QED) is 0.418. The van der Waals surface area contributed by atoms with Gasteiger partial charge in [-0.3, -0.25) is 4.79 Å². The summed E-state index contributed by atoms with van der Waals surface area (Å²) >= 11 is 1.50. The summed E-state index contributed by atoms with van der Waals surface area (Å²) < 4.78 is 12.9. The van der Waals surface area contributed by atoms with Gasteiger partial charge in [0.2, 0.25) is 0 Å². The maximum atomic E-state index is 12.4. The molecule has 1 aliphatic heterocycles. The van der Waals surface area contributed by atoms with Gasteiger partial charge in [0, 0.05) is 19.6 Å². The number of ether oxygens (including phenoxy) is 2. The number of aromatic nitrogens is 4. The van der Waals surface area contributed by atoms with E-state index in [-0.39, 0.29) is 5.91 Å². The van der Waals surface area contributed by atoms with Crippen LogP contribution in [0.1, 0.15) is 6.92 Å². The lowest BCUT2D eigenvalue weighted by molar-refractivity contribution is -0.127. The second kappa shape index (κ2) is 9.97. The van der Waals surface area contributed by atoms with Crippen LogP contribution in [0.15, 0.2) is 41.7 Å². The summed E-state index contributed by atoms with van der Waals surface area (Å²) in [5, 5.41) is 9.02.